The molecule has 1 aromatic heterocycles. The van der Waals surface area contributed by atoms with Crippen LogP contribution in [-0.2, 0) is 19.1 Å². The van der Waals surface area contributed by atoms with Crippen LogP contribution in [0.5, 0.6) is 0 Å². The van der Waals surface area contributed by atoms with Crippen molar-refractivity contribution in [3.05, 3.63) is 44.9 Å². The first kappa shape index (κ1) is 20.0. The second kappa shape index (κ2) is 8.95. The topological polar surface area (TPSA) is 76.7 Å². The van der Waals surface area contributed by atoms with Crippen LogP contribution in [0.4, 0.5) is 0 Å². The third-order valence-corrected chi connectivity index (χ3v) is 6.50. The van der Waals surface area contributed by atoms with Gasteiger partial charge >= 0.3 is 11.9 Å². The van der Waals surface area contributed by atoms with Crippen molar-refractivity contribution in [1.29, 1.82) is 0 Å². The van der Waals surface area contributed by atoms with E-state index in [2.05, 4.69) is 10.6 Å². The molecule has 1 fully saturated rings. The van der Waals surface area contributed by atoms with E-state index in [4.69, 9.17) is 9.47 Å². The summed E-state index contributed by atoms with van der Waals surface area (Å²) in [5.74, 6) is -0.346. The van der Waals surface area contributed by atoms with Crippen LogP contribution in [0.15, 0.2) is 40.1 Å². The fourth-order valence-corrected chi connectivity index (χ4v) is 5.23. The number of thiophene rings is 1. The summed E-state index contributed by atoms with van der Waals surface area (Å²) in [6, 6.07) is 3.87. The van der Waals surface area contributed by atoms with E-state index in [-0.39, 0.29) is 18.6 Å². The van der Waals surface area contributed by atoms with Gasteiger partial charge in [0.15, 0.2) is 0 Å². The Morgan fingerprint density at radius 2 is 1.89 bits per heavy atom. The molecule has 27 heavy (non-hydrogen) atoms. The molecule has 6 nitrogen and oxygen atoms in total. The average Bonchev–Trinajstić information content (AvgIpc) is 3.34. The molecule has 2 aliphatic heterocycles. The van der Waals surface area contributed by atoms with Gasteiger partial charge in [-0.05, 0) is 32.2 Å². The van der Waals surface area contributed by atoms with Crippen LogP contribution >= 0.6 is 23.1 Å². The second-order valence-electron chi connectivity index (χ2n) is 6.09. The lowest BCUT2D eigenvalue weighted by molar-refractivity contribution is -0.139. The first-order chi connectivity index (χ1) is 13.1. The Hall–Kier alpha value is -1.77. The first-order valence-electron chi connectivity index (χ1n) is 9.02. The number of esters is 2. The fraction of sp³-hybridized carbons (Fsp3) is 0.474. The fourth-order valence-electron chi connectivity index (χ4n) is 3.33. The van der Waals surface area contributed by atoms with Gasteiger partial charge in [0.2, 0.25) is 0 Å². The summed E-state index contributed by atoms with van der Waals surface area (Å²) in [5.41, 5.74) is 2.44. The minimum Gasteiger partial charge on any atom is -0.463 e. The highest BCUT2D eigenvalue weighted by Crippen LogP contribution is 2.43. The third-order valence-electron chi connectivity index (χ3n) is 4.39. The number of hydrogen-bond donors (Lipinski definition) is 2. The molecule has 0 aromatic carbocycles. The van der Waals surface area contributed by atoms with Gasteiger partial charge in [0.05, 0.1) is 41.3 Å². The van der Waals surface area contributed by atoms with E-state index in [1.165, 1.54) is 11.3 Å². The van der Waals surface area contributed by atoms with Crippen LogP contribution in [0.1, 0.15) is 31.6 Å². The molecule has 2 atom stereocenters. The second-order valence-corrected chi connectivity index (χ2v) is 8.28. The van der Waals surface area contributed by atoms with Gasteiger partial charge in [0.1, 0.15) is 0 Å². The van der Waals surface area contributed by atoms with Crippen molar-refractivity contribution >= 4 is 35.0 Å². The standard InChI is InChI=1S/C19H24N2O4S2/c1-4-24-18(22)13-11(3)21-16(17-20-8-10-27-17)15(19(23)25-5-2)14(13)12-7-6-9-26-12/h6-7,9,14,17,20-21H,4-5,8,10H2,1-3H3/t14-,17-/m0/s1. The van der Waals surface area contributed by atoms with E-state index in [1.807, 2.05) is 24.4 Å². The van der Waals surface area contributed by atoms with Gasteiger partial charge in [-0.3, -0.25) is 5.32 Å². The minimum atomic E-state index is -0.498. The average molecular weight is 409 g/mol. The molecule has 0 bridgehead atoms. The van der Waals surface area contributed by atoms with E-state index >= 15 is 0 Å². The summed E-state index contributed by atoms with van der Waals surface area (Å²) in [6.45, 7) is 6.83. The molecule has 146 valence electrons. The van der Waals surface area contributed by atoms with Crippen LogP contribution in [-0.4, -0.2) is 42.8 Å². The summed E-state index contributed by atoms with van der Waals surface area (Å²) in [6.07, 6.45) is 0. The lowest BCUT2D eigenvalue weighted by Crippen LogP contribution is -2.39. The van der Waals surface area contributed by atoms with E-state index in [0.717, 1.165) is 22.9 Å². The molecular formula is C19H24N2O4S2. The maximum atomic E-state index is 13.0. The molecule has 2 N–H and O–H groups in total. The van der Waals surface area contributed by atoms with E-state index < -0.39 is 17.9 Å². The van der Waals surface area contributed by atoms with Gasteiger partial charge in [-0.2, -0.15) is 0 Å². The molecule has 3 heterocycles. The van der Waals surface area contributed by atoms with Crippen molar-refractivity contribution in [3.63, 3.8) is 0 Å². The van der Waals surface area contributed by atoms with Gasteiger partial charge in [0.25, 0.3) is 0 Å². The van der Waals surface area contributed by atoms with Crippen molar-refractivity contribution in [2.24, 2.45) is 0 Å². The van der Waals surface area contributed by atoms with Crippen LogP contribution in [0.3, 0.4) is 0 Å². The van der Waals surface area contributed by atoms with Gasteiger partial charge in [-0.1, -0.05) is 6.07 Å². The quantitative estimate of drug-likeness (QED) is 0.701. The molecule has 0 amide bonds. The lowest BCUT2D eigenvalue weighted by Gasteiger charge is -2.32. The Bertz CT molecular complexity index is 765. The predicted molar refractivity (Wildman–Crippen MR) is 107 cm³/mol. The molecular weight excluding hydrogens is 384 g/mol. The summed E-state index contributed by atoms with van der Waals surface area (Å²) in [4.78, 5) is 26.7. The molecule has 0 unspecified atom stereocenters. The SMILES string of the molecule is CCOC(=O)C1=C(C)NC([C@H]2NCCS2)=C(C(=O)OCC)[C@H]1c1cccs1. The normalized spacial score (nSPS) is 22.6. The number of hydrogen-bond acceptors (Lipinski definition) is 8. The lowest BCUT2D eigenvalue weighted by atomic mass is 9.84. The number of allylic oxidation sites excluding steroid dienone is 1. The van der Waals surface area contributed by atoms with Crippen LogP contribution < -0.4 is 10.6 Å². The minimum absolute atomic E-state index is 0.0365. The van der Waals surface area contributed by atoms with Crippen LogP contribution in [0.2, 0.25) is 0 Å². The summed E-state index contributed by atoms with van der Waals surface area (Å²) >= 11 is 3.25. The van der Waals surface area contributed by atoms with Crippen LogP contribution in [0.25, 0.3) is 0 Å². The van der Waals surface area contributed by atoms with E-state index in [1.54, 1.807) is 25.6 Å². The van der Waals surface area contributed by atoms with Crippen LogP contribution in [0, 0.1) is 0 Å². The van der Waals surface area contributed by atoms with E-state index in [9.17, 15) is 9.59 Å². The van der Waals surface area contributed by atoms with Gasteiger partial charge in [-0.25, -0.2) is 9.59 Å². The molecule has 3 rings (SSSR count). The van der Waals surface area contributed by atoms with Gasteiger partial charge in [-0.15, -0.1) is 23.1 Å². The monoisotopic (exact) mass is 408 g/mol. The number of nitrogens with one attached hydrogen (secondary N) is 2. The maximum absolute atomic E-state index is 13.0. The zero-order valence-corrected chi connectivity index (χ0v) is 17.3. The highest BCUT2D eigenvalue weighted by molar-refractivity contribution is 8.00. The number of ether oxygens (including phenoxy) is 2. The highest BCUT2D eigenvalue weighted by atomic mass is 32.2. The maximum Gasteiger partial charge on any atom is 0.336 e. The number of rotatable bonds is 6. The molecule has 0 saturated carbocycles. The van der Waals surface area contributed by atoms with Gasteiger partial charge in [0, 0.05) is 22.9 Å². The third kappa shape index (κ3) is 4.07. The molecule has 2 aliphatic rings. The number of carbonyl (C=O) groups is 2. The zero-order chi connectivity index (χ0) is 19.4. The summed E-state index contributed by atoms with van der Waals surface area (Å²) in [5, 5.41) is 8.62. The Morgan fingerprint density at radius 1 is 1.19 bits per heavy atom. The Balaban J connectivity index is 2.15. The zero-order valence-electron chi connectivity index (χ0n) is 15.7. The molecule has 0 radical (unpaired) electrons. The predicted octanol–water partition coefficient (Wildman–Crippen LogP) is 2.75. The number of carbonyl (C=O) groups excluding carboxylic acids is 2. The molecule has 0 aliphatic carbocycles. The molecule has 8 heteroatoms. The summed E-state index contributed by atoms with van der Waals surface area (Å²) < 4.78 is 10.7. The highest BCUT2D eigenvalue weighted by Gasteiger charge is 2.41. The number of thioether (sulfide) groups is 1. The first-order valence-corrected chi connectivity index (χ1v) is 11.0. The van der Waals surface area contributed by atoms with Crippen molar-refractivity contribution < 1.29 is 19.1 Å². The number of dihydropyridines is 1. The summed E-state index contributed by atoms with van der Waals surface area (Å²) in [7, 11) is 0. The smallest absolute Gasteiger partial charge is 0.336 e. The van der Waals surface area contributed by atoms with Crippen molar-refractivity contribution in [2.45, 2.75) is 32.1 Å². The Labute approximate surface area is 167 Å². The van der Waals surface area contributed by atoms with Crippen molar-refractivity contribution in [1.82, 2.24) is 10.6 Å². The largest absolute Gasteiger partial charge is 0.463 e. The van der Waals surface area contributed by atoms with Gasteiger partial charge < -0.3 is 14.8 Å². The van der Waals surface area contributed by atoms with Crippen molar-refractivity contribution in [3.8, 4) is 0 Å². The molecule has 1 saturated heterocycles. The Morgan fingerprint density at radius 3 is 2.44 bits per heavy atom. The molecule has 1 aromatic rings. The van der Waals surface area contributed by atoms with E-state index in [0.29, 0.717) is 16.8 Å². The Kier molecular flexibility index (Phi) is 6.62. The van der Waals surface area contributed by atoms with Crippen molar-refractivity contribution in [2.75, 3.05) is 25.5 Å². The molecule has 0 spiro atoms.